The summed E-state index contributed by atoms with van der Waals surface area (Å²) in [5, 5.41) is 0. The van der Waals surface area contributed by atoms with Crippen LogP contribution in [0.3, 0.4) is 0 Å². The van der Waals surface area contributed by atoms with Crippen molar-refractivity contribution in [2.45, 2.75) is 31.7 Å². The fraction of sp³-hybridized carbons (Fsp3) is 0.417. The number of rotatable bonds is 2. The van der Waals surface area contributed by atoms with Crippen molar-refractivity contribution in [1.82, 2.24) is 0 Å². The van der Waals surface area contributed by atoms with Crippen molar-refractivity contribution in [2.24, 2.45) is 4.40 Å². The van der Waals surface area contributed by atoms with Crippen LogP contribution >= 0.6 is 0 Å². The zero-order valence-electron chi connectivity index (χ0n) is 10.3. The van der Waals surface area contributed by atoms with Crippen molar-refractivity contribution in [2.75, 3.05) is 0 Å². The second-order valence-electron chi connectivity index (χ2n) is 4.68. The molecule has 1 aromatic carbocycles. The summed E-state index contributed by atoms with van der Waals surface area (Å²) in [5.74, 6) is 0. The maximum absolute atomic E-state index is 12.7. The minimum Gasteiger partial charge on any atom is -0.591 e. The van der Waals surface area contributed by atoms with Crippen LogP contribution < -0.4 is 0 Å². The van der Waals surface area contributed by atoms with Crippen molar-refractivity contribution in [3.05, 3.63) is 35.4 Å². The molecule has 1 rings (SSSR count). The average Bonchev–Trinajstić information content (AvgIpc) is 2.23. The van der Waals surface area contributed by atoms with Crippen molar-refractivity contribution in [3.63, 3.8) is 0 Å². The average molecular weight is 277 g/mol. The lowest BCUT2D eigenvalue weighted by Crippen LogP contribution is -2.26. The standard InChI is InChI=1S/C12H14F3NOS/c1-11(2,3)18(17)16-8-9-6-4-5-7-10(9)12(13,14)15/h4-8H,1-3H3/b16-8+/t18-/m1/s1. The first-order valence-corrected chi connectivity index (χ1v) is 6.35. The maximum atomic E-state index is 12.7. The Hall–Kier alpha value is -1.01. The van der Waals surface area contributed by atoms with Gasteiger partial charge >= 0.3 is 6.18 Å². The molecular formula is C12H14F3NOS. The van der Waals surface area contributed by atoms with Gasteiger partial charge in [-0.25, -0.2) is 0 Å². The third kappa shape index (κ3) is 4.03. The summed E-state index contributed by atoms with van der Waals surface area (Å²) in [6.07, 6.45) is -3.42. The number of benzene rings is 1. The minimum absolute atomic E-state index is 0.0809. The van der Waals surface area contributed by atoms with Crippen LogP contribution in [0.4, 0.5) is 13.2 Å². The second-order valence-corrected chi connectivity index (χ2v) is 6.61. The van der Waals surface area contributed by atoms with Crippen LogP contribution in [0.25, 0.3) is 0 Å². The van der Waals surface area contributed by atoms with Crippen LogP contribution in [0.2, 0.25) is 0 Å². The molecule has 0 aliphatic carbocycles. The molecule has 0 saturated heterocycles. The Morgan fingerprint density at radius 3 is 2.22 bits per heavy atom. The second kappa shape index (κ2) is 5.32. The molecule has 0 heterocycles. The SMILES string of the molecule is CC(C)(C)[S@@+]([O-])/N=C/c1ccccc1C(F)(F)F. The molecule has 2 nitrogen and oxygen atoms in total. The highest BCUT2D eigenvalue weighted by Gasteiger charge is 2.33. The van der Waals surface area contributed by atoms with E-state index in [2.05, 4.69) is 4.40 Å². The molecule has 0 N–H and O–H groups in total. The molecule has 0 aromatic heterocycles. The van der Waals surface area contributed by atoms with E-state index in [0.29, 0.717) is 0 Å². The van der Waals surface area contributed by atoms with E-state index < -0.39 is 27.8 Å². The molecule has 0 spiro atoms. The zero-order valence-corrected chi connectivity index (χ0v) is 11.1. The van der Waals surface area contributed by atoms with Crippen molar-refractivity contribution in [3.8, 4) is 0 Å². The van der Waals surface area contributed by atoms with Crippen LogP contribution in [-0.4, -0.2) is 15.5 Å². The quantitative estimate of drug-likeness (QED) is 0.601. The molecule has 1 atom stereocenters. The van der Waals surface area contributed by atoms with Gasteiger partial charge in [0.15, 0.2) is 0 Å². The molecule has 0 aliphatic rings. The Bertz CT molecular complexity index is 438. The smallest absolute Gasteiger partial charge is 0.417 e. The van der Waals surface area contributed by atoms with Gasteiger partial charge in [0.1, 0.15) is 16.1 Å². The number of hydrogen-bond acceptors (Lipinski definition) is 2. The van der Waals surface area contributed by atoms with E-state index >= 15 is 0 Å². The van der Waals surface area contributed by atoms with Gasteiger partial charge in [0.2, 0.25) is 0 Å². The molecule has 100 valence electrons. The molecule has 0 unspecified atom stereocenters. The summed E-state index contributed by atoms with van der Waals surface area (Å²) in [6, 6.07) is 5.06. The van der Waals surface area contributed by atoms with Crippen LogP contribution in [0, 0.1) is 0 Å². The van der Waals surface area contributed by atoms with Crippen LogP contribution in [0.5, 0.6) is 0 Å². The first-order valence-electron chi connectivity index (χ1n) is 5.24. The zero-order chi connectivity index (χ0) is 14.0. The number of nitrogens with zero attached hydrogens (tertiary/aromatic N) is 1. The van der Waals surface area contributed by atoms with Crippen molar-refractivity contribution >= 4 is 17.6 Å². The summed E-state index contributed by atoms with van der Waals surface area (Å²) < 4.78 is 52.7. The fourth-order valence-electron chi connectivity index (χ4n) is 1.13. The molecule has 0 fully saturated rings. The van der Waals surface area contributed by atoms with E-state index in [9.17, 15) is 17.7 Å². The largest absolute Gasteiger partial charge is 0.591 e. The highest BCUT2D eigenvalue weighted by Crippen LogP contribution is 2.31. The highest BCUT2D eigenvalue weighted by atomic mass is 32.2. The predicted octanol–water partition coefficient (Wildman–Crippen LogP) is 3.59. The summed E-state index contributed by atoms with van der Waals surface area (Å²) in [5.41, 5.74) is -0.859. The van der Waals surface area contributed by atoms with E-state index in [1.54, 1.807) is 20.8 Å². The Morgan fingerprint density at radius 1 is 1.17 bits per heavy atom. The highest BCUT2D eigenvalue weighted by molar-refractivity contribution is 7.91. The lowest BCUT2D eigenvalue weighted by atomic mass is 10.1. The molecule has 0 bridgehead atoms. The lowest BCUT2D eigenvalue weighted by molar-refractivity contribution is -0.137. The number of hydrogen-bond donors (Lipinski definition) is 0. The van der Waals surface area contributed by atoms with E-state index in [4.69, 9.17) is 0 Å². The number of alkyl halides is 3. The van der Waals surface area contributed by atoms with Gasteiger partial charge in [-0.2, -0.15) is 13.2 Å². The first-order chi connectivity index (χ1) is 8.12. The Balaban J connectivity index is 3.02. The lowest BCUT2D eigenvalue weighted by Gasteiger charge is -2.18. The minimum atomic E-state index is -4.44. The van der Waals surface area contributed by atoms with Crippen molar-refractivity contribution in [1.29, 1.82) is 0 Å². The molecule has 6 heteroatoms. The van der Waals surface area contributed by atoms with Gasteiger partial charge in [-0.05, 0) is 26.8 Å². The molecule has 0 amide bonds. The molecule has 0 aliphatic heterocycles. The van der Waals surface area contributed by atoms with E-state index in [1.807, 2.05) is 0 Å². The predicted molar refractivity (Wildman–Crippen MR) is 66.9 cm³/mol. The summed E-state index contributed by atoms with van der Waals surface area (Å²) in [7, 11) is 0. The molecule has 18 heavy (non-hydrogen) atoms. The normalized spacial score (nSPS) is 15.1. The fourth-order valence-corrected chi connectivity index (χ4v) is 1.66. The summed E-state index contributed by atoms with van der Waals surface area (Å²) in [6.45, 7) is 5.11. The molecule has 0 radical (unpaired) electrons. The third-order valence-corrected chi connectivity index (χ3v) is 3.42. The maximum Gasteiger partial charge on any atom is 0.417 e. The van der Waals surface area contributed by atoms with Gasteiger partial charge in [-0.1, -0.05) is 22.6 Å². The number of halogens is 3. The molecule has 1 aromatic rings. The third-order valence-electron chi connectivity index (χ3n) is 2.08. The van der Waals surface area contributed by atoms with Crippen LogP contribution in [-0.2, 0) is 17.5 Å². The van der Waals surface area contributed by atoms with Gasteiger partial charge in [0.25, 0.3) is 0 Å². The van der Waals surface area contributed by atoms with Gasteiger partial charge in [-0.3, -0.25) is 0 Å². The summed E-state index contributed by atoms with van der Waals surface area (Å²) >= 11 is -1.57. The van der Waals surface area contributed by atoms with Gasteiger partial charge < -0.3 is 4.55 Å². The van der Waals surface area contributed by atoms with E-state index in [1.165, 1.54) is 18.2 Å². The van der Waals surface area contributed by atoms with Crippen LogP contribution in [0.1, 0.15) is 31.9 Å². The topological polar surface area (TPSA) is 35.4 Å². The van der Waals surface area contributed by atoms with Gasteiger partial charge in [0, 0.05) is 5.56 Å². The Morgan fingerprint density at radius 2 is 1.72 bits per heavy atom. The monoisotopic (exact) mass is 277 g/mol. The Kier molecular flexibility index (Phi) is 4.45. The van der Waals surface area contributed by atoms with Crippen LogP contribution in [0.15, 0.2) is 28.7 Å². The molecular weight excluding hydrogens is 263 g/mol. The summed E-state index contributed by atoms with van der Waals surface area (Å²) in [4.78, 5) is 0. The molecule has 0 saturated carbocycles. The van der Waals surface area contributed by atoms with Gasteiger partial charge in [0.05, 0.1) is 11.8 Å². The van der Waals surface area contributed by atoms with Gasteiger partial charge in [-0.15, -0.1) is 0 Å². The van der Waals surface area contributed by atoms with Crippen molar-refractivity contribution < 1.29 is 17.7 Å². The Labute approximate surface area is 107 Å². The first kappa shape index (κ1) is 15.0. The van der Waals surface area contributed by atoms with E-state index in [-0.39, 0.29) is 5.56 Å². The van der Waals surface area contributed by atoms with E-state index in [0.717, 1.165) is 12.3 Å².